The van der Waals surface area contributed by atoms with E-state index in [0.29, 0.717) is 25.4 Å². The number of hydrogen-bond acceptors (Lipinski definition) is 4. The van der Waals surface area contributed by atoms with Gasteiger partial charge in [0.2, 0.25) is 0 Å². The number of hydrogen-bond donors (Lipinski definition) is 0. The van der Waals surface area contributed by atoms with Crippen molar-refractivity contribution in [1.82, 2.24) is 0 Å². The summed E-state index contributed by atoms with van der Waals surface area (Å²) in [6, 6.07) is 0. The molecular weight excluding hydrogens is 384 g/mol. The number of carbonyl (C=O) groups excluding carboxylic acids is 1. The van der Waals surface area contributed by atoms with Gasteiger partial charge in [-0.3, -0.25) is 0 Å². The lowest BCUT2D eigenvalue weighted by atomic mass is 10.0. The molecule has 1 atom stereocenters. The summed E-state index contributed by atoms with van der Waals surface area (Å²) in [6.07, 6.45) is 2.86. The maximum Gasteiger partial charge on any atom is 0.333 e. The van der Waals surface area contributed by atoms with E-state index in [2.05, 4.69) is 67.7 Å². The highest BCUT2D eigenvalue weighted by atomic mass is 28.4. The first-order chi connectivity index (χ1) is 12.4. The van der Waals surface area contributed by atoms with Crippen LogP contribution in [0.3, 0.4) is 0 Å². The lowest BCUT2D eigenvalue weighted by molar-refractivity contribution is -0.138. The Hall–Kier alpha value is -0.436. The summed E-state index contributed by atoms with van der Waals surface area (Å²) in [7, 11) is -3.62. The molecule has 0 amide bonds. The highest BCUT2D eigenvalue weighted by Crippen LogP contribution is 2.38. The zero-order valence-electron chi connectivity index (χ0n) is 20.6. The van der Waals surface area contributed by atoms with Gasteiger partial charge in [-0.1, -0.05) is 47.6 Å². The van der Waals surface area contributed by atoms with Crippen LogP contribution in [0.25, 0.3) is 0 Å². The van der Waals surface area contributed by atoms with Gasteiger partial charge in [0.15, 0.2) is 16.6 Å². The molecule has 28 heavy (non-hydrogen) atoms. The summed E-state index contributed by atoms with van der Waals surface area (Å²) in [5.41, 5.74) is 0.651. The molecule has 0 aliphatic carbocycles. The van der Waals surface area contributed by atoms with Crippen LogP contribution in [-0.4, -0.2) is 42.4 Å². The van der Waals surface area contributed by atoms with Gasteiger partial charge in [0.25, 0.3) is 0 Å². The van der Waals surface area contributed by atoms with E-state index in [9.17, 15) is 4.79 Å². The van der Waals surface area contributed by atoms with Crippen molar-refractivity contribution in [3.63, 3.8) is 0 Å². The van der Waals surface area contributed by atoms with Crippen LogP contribution in [0.2, 0.25) is 36.3 Å². The fourth-order valence-electron chi connectivity index (χ4n) is 2.10. The molecule has 6 heteroatoms. The molecule has 0 spiro atoms. The van der Waals surface area contributed by atoms with Crippen molar-refractivity contribution in [2.24, 2.45) is 5.92 Å². The van der Waals surface area contributed by atoms with Crippen LogP contribution in [0, 0.1) is 5.92 Å². The summed E-state index contributed by atoms with van der Waals surface area (Å²) in [5.74, 6) is -0.103. The quantitative estimate of drug-likeness (QED) is 0.224. The topological polar surface area (TPSA) is 44.8 Å². The summed E-state index contributed by atoms with van der Waals surface area (Å²) >= 11 is 0. The molecule has 0 aromatic rings. The average molecular weight is 431 g/mol. The first-order valence-electron chi connectivity index (χ1n) is 10.6. The van der Waals surface area contributed by atoms with E-state index in [1.54, 1.807) is 0 Å². The second kappa shape index (κ2) is 10.6. The zero-order valence-corrected chi connectivity index (χ0v) is 22.6. The van der Waals surface area contributed by atoms with Crippen LogP contribution in [0.4, 0.5) is 0 Å². The minimum atomic E-state index is -1.84. The van der Waals surface area contributed by atoms with Crippen molar-refractivity contribution in [3.8, 4) is 0 Å². The highest BCUT2D eigenvalue weighted by Gasteiger charge is 2.38. The summed E-state index contributed by atoms with van der Waals surface area (Å²) < 4.78 is 18.0. The third-order valence-electron chi connectivity index (χ3n) is 6.31. The maximum absolute atomic E-state index is 12.1. The van der Waals surface area contributed by atoms with E-state index >= 15 is 0 Å². The van der Waals surface area contributed by atoms with Gasteiger partial charge >= 0.3 is 5.97 Å². The Bertz CT molecular complexity index is 526. The standard InChI is InChI=1S/C22H46O4Si2/c1-13-24-20(23)18(2)16-19(17-26-28(11,12)22(6,7)8)14-15-25-27(9,10)21(3,4)5/h16,19H,13-15,17H2,1-12H3/b18-16+. The first-order valence-corrected chi connectivity index (χ1v) is 16.4. The second-order valence-corrected chi connectivity index (χ2v) is 20.4. The van der Waals surface area contributed by atoms with E-state index in [0.717, 1.165) is 6.42 Å². The molecule has 0 saturated carbocycles. The highest BCUT2D eigenvalue weighted by molar-refractivity contribution is 6.74. The molecule has 0 rings (SSSR count). The minimum absolute atomic E-state index is 0.142. The second-order valence-electron chi connectivity index (χ2n) is 10.8. The van der Waals surface area contributed by atoms with Crippen molar-refractivity contribution in [1.29, 1.82) is 0 Å². The molecular formula is C22H46O4Si2. The smallest absolute Gasteiger partial charge is 0.333 e. The van der Waals surface area contributed by atoms with E-state index < -0.39 is 16.6 Å². The van der Waals surface area contributed by atoms with Crippen LogP contribution in [0.15, 0.2) is 11.6 Å². The van der Waals surface area contributed by atoms with Crippen molar-refractivity contribution < 1.29 is 18.4 Å². The predicted octanol–water partition coefficient (Wildman–Crippen LogP) is 6.55. The molecule has 4 nitrogen and oxygen atoms in total. The van der Waals surface area contributed by atoms with Gasteiger partial charge in [-0.2, -0.15) is 0 Å². The number of rotatable bonds is 10. The molecule has 0 aliphatic heterocycles. The first kappa shape index (κ1) is 27.6. The van der Waals surface area contributed by atoms with Crippen LogP contribution < -0.4 is 0 Å². The van der Waals surface area contributed by atoms with Crippen molar-refractivity contribution in [2.45, 2.75) is 98.1 Å². The van der Waals surface area contributed by atoms with Crippen LogP contribution in [0.1, 0.15) is 61.8 Å². The summed E-state index contributed by atoms with van der Waals surface area (Å²) in [6.45, 7) is 27.9. The van der Waals surface area contributed by atoms with Gasteiger partial charge in [0, 0.05) is 24.7 Å². The van der Waals surface area contributed by atoms with Crippen LogP contribution in [0.5, 0.6) is 0 Å². The largest absolute Gasteiger partial charge is 0.463 e. The molecule has 0 aliphatic rings. The molecule has 0 fully saturated rings. The van der Waals surface area contributed by atoms with E-state index in [-0.39, 0.29) is 22.0 Å². The predicted molar refractivity (Wildman–Crippen MR) is 125 cm³/mol. The molecule has 166 valence electrons. The van der Waals surface area contributed by atoms with Crippen molar-refractivity contribution in [3.05, 3.63) is 11.6 Å². The van der Waals surface area contributed by atoms with Gasteiger partial charge < -0.3 is 13.6 Å². The Morgan fingerprint density at radius 1 is 0.929 bits per heavy atom. The Kier molecular flexibility index (Phi) is 10.4. The summed E-state index contributed by atoms with van der Waals surface area (Å²) in [5, 5.41) is 0.353. The molecule has 0 aromatic heterocycles. The number of carbonyl (C=O) groups is 1. The normalized spacial score (nSPS) is 15.5. The van der Waals surface area contributed by atoms with E-state index in [1.165, 1.54) is 0 Å². The molecule has 0 bridgehead atoms. The third kappa shape index (κ3) is 8.93. The van der Waals surface area contributed by atoms with E-state index in [1.807, 2.05) is 19.9 Å². The number of esters is 1. The summed E-state index contributed by atoms with van der Waals surface area (Å²) in [4.78, 5) is 12.1. The maximum atomic E-state index is 12.1. The molecule has 0 N–H and O–H groups in total. The lowest BCUT2D eigenvalue weighted by Crippen LogP contribution is -2.42. The SMILES string of the molecule is CCOC(=O)/C(C)=C/C(CCO[Si](C)(C)C(C)(C)C)CO[Si](C)(C)C(C)(C)C. The van der Waals surface area contributed by atoms with Gasteiger partial charge in [0.1, 0.15) is 0 Å². The van der Waals surface area contributed by atoms with Gasteiger partial charge in [-0.05, 0) is 56.5 Å². The molecule has 0 saturated heterocycles. The lowest BCUT2D eigenvalue weighted by Gasteiger charge is -2.38. The van der Waals surface area contributed by atoms with Crippen molar-refractivity contribution >= 4 is 22.6 Å². The minimum Gasteiger partial charge on any atom is -0.463 e. The van der Waals surface area contributed by atoms with Crippen LogP contribution >= 0.6 is 0 Å². The molecule has 1 unspecified atom stereocenters. The third-order valence-corrected chi connectivity index (χ3v) is 15.3. The molecule has 0 heterocycles. The monoisotopic (exact) mass is 430 g/mol. The fourth-order valence-corrected chi connectivity index (χ4v) is 4.22. The van der Waals surface area contributed by atoms with Crippen LogP contribution in [-0.2, 0) is 18.4 Å². The van der Waals surface area contributed by atoms with Gasteiger partial charge in [0.05, 0.1) is 6.61 Å². The Labute approximate surface area is 176 Å². The zero-order chi connectivity index (χ0) is 22.4. The van der Waals surface area contributed by atoms with Crippen molar-refractivity contribution in [2.75, 3.05) is 19.8 Å². The molecule has 0 aromatic carbocycles. The molecule has 0 radical (unpaired) electrons. The fraction of sp³-hybridized carbons (Fsp3) is 0.864. The average Bonchev–Trinajstić information content (AvgIpc) is 2.50. The van der Waals surface area contributed by atoms with Gasteiger partial charge in [-0.25, -0.2) is 4.79 Å². The Balaban J connectivity index is 5.20. The Morgan fingerprint density at radius 3 is 1.82 bits per heavy atom. The number of ether oxygens (including phenoxy) is 1. The Morgan fingerprint density at radius 2 is 1.39 bits per heavy atom. The van der Waals surface area contributed by atoms with Gasteiger partial charge in [-0.15, -0.1) is 0 Å². The van der Waals surface area contributed by atoms with E-state index in [4.69, 9.17) is 13.6 Å².